The lowest BCUT2D eigenvalue weighted by molar-refractivity contribution is -0.121. The van der Waals surface area contributed by atoms with Crippen LogP contribution in [0.5, 0.6) is 5.88 Å². The first-order valence-corrected chi connectivity index (χ1v) is 11.3. The van der Waals surface area contributed by atoms with Crippen molar-refractivity contribution in [1.82, 2.24) is 25.0 Å². The van der Waals surface area contributed by atoms with Crippen molar-refractivity contribution in [2.45, 2.75) is 59.3 Å². The monoisotopic (exact) mass is 415 g/mol. The van der Waals surface area contributed by atoms with Crippen LogP contribution in [0.1, 0.15) is 55.8 Å². The number of likely N-dealkylation sites (tertiary alicyclic amines) is 1. The van der Waals surface area contributed by atoms with E-state index in [2.05, 4.69) is 29.2 Å². The predicted molar refractivity (Wildman–Crippen MR) is 120 cm³/mol. The van der Waals surface area contributed by atoms with Gasteiger partial charge in [0.2, 0.25) is 11.8 Å². The zero-order valence-corrected chi connectivity index (χ0v) is 19.3. The van der Waals surface area contributed by atoms with E-state index in [0.717, 1.165) is 59.7 Å². The van der Waals surface area contributed by atoms with Gasteiger partial charge in [-0.3, -0.25) is 4.79 Å². The summed E-state index contributed by atoms with van der Waals surface area (Å²) in [5, 5.41) is 8.41. The molecule has 166 valence electrons. The highest BCUT2D eigenvalue weighted by Gasteiger charge is 2.18. The maximum atomic E-state index is 12.3. The van der Waals surface area contributed by atoms with Gasteiger partial charge in [0.25, 0.3) is 0 Å². The van der Waals surface area contributed by atoms with Crippen molar-refractivity contribution >= 4 is 16.9 Å². The standard InChI is InChI=1S/C23H37N5O2/c1-16-10-14-28(15-11-16)13-7-6-12-24-20(29)9-8-19-17(2)21-22(25-18(19)3)27(4)26-23(21)30-5/h16H,6-15H2,1-5H3,(H,24,29). The van der Waals surface area contributed by atoms with Crippen molar-refractivity contribution in [2.24, 2.45) is 13.0 Å². The summed E-state index contributed by atoms with van der Waals surface area (Å²) < 4.78 is 7.17. The van der Waals surface area contributed by atoms with Crippen LogP contribution in [0.4, 0.5) is 0 Å². The fraction of sp³-hybridized carbons (Fsp3) is 0.696. The van der Waals surface area contributed by atoms with Gasteiger partial charge in [0.1, 0.15) is 0 Å². The van der Waals surface area contributed by atoms with E-state index in [0.29, 0.717) is 18.7 Å². The SMILES string of the molecule is COc1nn(C)c2nc(C)c(CCC(=O)NCCCCN3CCC(C)CC3)c(C)c12. The van der Waals surface area contributed by atoms with Crippen molar-refractivity contribution in [3.63, 3.8) is 0 Å². The van der Waals surface area contributed by atoms with Gasteiger partial charge in [-0.05, 0) is 82.6 Å². The lowest BCUT2D eigenvalue weighted by Gasteiger charge is -2.30. The first kappa shape index (κ1) is 22.5. The second-order valence-electron chi connectivity index (χ2n) is 8.71. The molecule has 1 fully saturated rings. The first-order valence-electron chi connectivity index (χ1n) is 11.3. The van der Waals surface area contributed by atoms with Gasteiger partial charge in [-0.2, -0.15) is 0 Å². The van der Waals surface area contributed by atoms with Gasteiger partial charge in [0.05, 0.1) is 12.5 Å². The van der Waals surface area contributed by atoms with Crippen LogP contribution < -0.4 is 10.1 Å². The summed E-state index contributed by atoms with van der Waals surface area (Å²) in [5.41, 5.74) is 3.99. The number of rotatable bonds is 9. The Morgan fingerprint density at radius 2 is 1.97 bits per heavy atom. The molecule has 0 bridgehead atoms. The molecule has 0 atom stereocenters. The van der Waals surface area contributed by atoms with Gasteiger partial charge in [-0.1, -0.05) is 6.92 Å². The number of ether oxygens (including phenoxy) is 1. The van der Waals surface area contributed by atoms with Gasteiger partial charge in [0, 0.05) is 25.7 Å². The molecule has 3 rings (SSSR count). The Labute approximate surface area is 180 Å². The van der Waals surface area contributed by atoms with E-state index in [1.54, 1.807) is 11.8 Å². The van der Waals surface area contributed by atoms with Crippen molar-refractivity contribution in [3.8, 4) is 5.88 Å². The normalized spacial score (nSPS) is 15.6. The lowest BCUT2D eigenvalue weighted by Crippen LogP contribution is -2.34. The molecular weight excluding hydrogens is 378 g/mol. The molecule has 0 saturated carbocycles. The quantitative estimate of drug-likeness (QED) is 0.637. The van der Waals surface area contributed by atoms with Crippen molar-refractivity contribution < 1.29 is 9.53 Å². The molecule has 1 aliphatic rings. The maximum absolute atomic E-state index is 12.3. The third kappa shape index (κ3) is 5.31. The van der Waals surface area contributed by atoms with Crippen LogP contribution in [0.15, 0.2) is 0 Å². The van der Waals surface area contributed by atoms with Crippen LogP contribution in [0.25, 0.3) is 11.0 Å². The minimum absolute atomic E-state index is 0.110. The Bertz CT molecular complexity index is 868. The molecule has 1 N–H and O–H groups in total. The third-order valence-corrected chi connectivity index (χ3v) is 6.42. The van der Waals surface area contributed by atoms with Gasteiger partial charge >= 0.3 is 0 Å². The van der Waals surface area contributed by atoms with E-state index in [4.69, 9.17) is 9.72 Å². The van der Waals surface area contributed by atoms with Crippen molar-refractivity contribution in [1.29, 1.82) is 0 Å². The Hall–Kier alpha value is -2.15. The van der Waals surface area contributed by atoms with E-state index < -0.39 is 0 Å². The summed E-state index contributed by atoms with van der Waals surface area (Å²) in [6, 6.07) is 0. The minimum atomic E-state index is 0.110. The number of unbranched alkanes of at least 4 members (excludes halogenated alkanes) is 1. The predicted octanol–water partition coefficient (Wildman–Crippen LogP) is 3.15. The second kappa shape index (κ2) is 10.2. The van der Waals surface area contributed by atoms with E-state index in [1.807, 2.05) is 14.0 Å². The van der Waals surface area contributed by atoms with Crippen LogP contribution in [-0.2, 0) is 18.3 Å². The Kier molecular flexibility index (Phi) is 7.69. The van der Waals surface area contributed by atoms with Crippen LogP contribution in [0.3, 0.4) is 0 Å². The summed E-state index contributed by atoms with van der Waals surface area (Å²) in [6.45, 7) is 10.8. The van der Waals surface area contributed by atoms with Crippen LogP contribution in [0.2, 0.25) is 0 Å². The van der Waals surface area contributed by atoms with Crippen LogP contribution >= 0.6 is 0 Å². The van der Waals surface area contributed by atoms with E-state index in [9.17, 15) is 4.79 Å². The van der Waals surface area contributed by atoms with E-state index in [1.165, 1.54) is 25.9 Å². The third-order valence-electron chi connectivity index (χ3n) is 6.42. The number of carbonyl (C=O) groups excluding carboxylic acids is 1. The first-order chi connectivity index (χ1) is 14.4. The summed E-state index contributed by atoms with van der Waals surface area (Å²) >= 11 is 0. The Balaban J connectivity index is 1.45. The summed E-state index contributed by atoms with van der Waals surface area (Å²) in [7, 11) is 3.50. The molecule has 2 aromatic rings. The second-order valence-corrected chi connectivity index (χ2v) is 8.71. The number of amides is 1. The van der Waals surface area contributed by atoms with E-state index >= 15 is 0 Å². The smallest absolute Gasteiger partial charge is 0.242 e. The number of nitrogens with one attached hydrogen (secondary N) is 1. The minimum Gasteiger partial charge on any atom is -0.479 e. The highest BCUT2D eigenvalue weighted by atomic mass is 16.5. The lowest BCUT2D eigenvalue weighted by atomic mass is 9.99. The van der Waals surface area contributed by atoms with Crippen molar-refractivity contribution in [2.75, 3.05) is 33.3 Å². The molecule has 1 saturated heterocycles. The molecule has 3 heterocycles. The van der Waals surface area contributed by atoms with Gasteiger partial charge < -0.3 is 15.0 Å². The molecule has 1 aliphatic heterocycles. The number of hydrogen-bond acceptors (Lipinski definition) is 5. The van der Waals surface area contributed by atoms with Gasteiger partial charge in [-0.15, -0.1) is 5.10 Å². The molecule has 0 aliphatic carbocycles. The average molecular weight is 416 g/mol. The fourth-order valence-corrected chi connectivity index (χ4v) is 4.41. The number of fused-ring (bicyclic) bond motifs is 1. The Morgan fingerprint density at radius 3 is 2.67 bits per heavy atom. The summed E-state index contributed by atoms with van der Waals surface area (Å²) in [6.07, 6.45) is 5.98. The molecular formula is C23H37N5O2. The number of methoxy groups -OCH3 is 1. The molecule has 1 amide bonds. The molecule has 30 heavy (non-hydrogen) atoms. The Morgan fingerprint density at radius 1 is 1.23 bits per heavy atom. The average Bonchev–Trinajstić information content (AvgIpc) is 3.04. The summed E-state index contributed by atoms with van der Waals surface area (Å²) in [5.74, 6) is 1.58. The van der Waals surface area contributed by atoms with Crippen LogP contribution in [0, 0.1) is 19.8 Å². The highest BCUT2D eigenvalue weighted by Crippen LogP contribution is 2.30. The number of aromatic nitrogens is 3. The molecule has 7 heteroatoms. The number of aryl methyl sites for hydroxylation is 3. The number of hydrogen-bond donors (Lipinski definition) is 1. The van der Waals surface area contributed by atoms with Crippen LogP contribution in [-0.4, -0.2) is 58.9 Å². The van der Waals surface area contributed by atoms with E-state index in [-0.39, 0.29) is 5.91 Å². The molecule has 0 spiro atoms. The number of piperidine rings is 1. The number of nitrogens with zero attached hydrogens (tertiary/aromatic N) is 4. The zero-order chi connectivity index (χ0) is 21.7. The molecule has 2 aromatic heterocycles. The molecule has 7 nitrogen and oxygen atoms in total. The fourth-order valence-electron chi connectivity index (χ4n) is 4.41. The highest BCUT2D eigenvalue weighted by molar-refractivity contribution is 5.86. The number of pyridine rings is 1. The van der Waals surface area contributed by atoms with Crippen molar-refractivity contribution in [3.05, 3.63) is 16.8 Å². The largest absolute Gasteiger partial charge is 0.479 e. The van der Waals surface area contributed by atoms with Gasteiger partial charge in [0.15, 0.2) is 5.65 Å². The number of carbonyl (C=O) groups is 1. The zero-order valence-electron chi connectivity index (χ0n) is 19.3. The molecule has 0 aromatic carbocycles. The maximum Gasteiger partial charge on any atom is 0.242 e. The topological polar surface area (TPSA) is 72.3 Å². The molecule has 0 unspecified atom stereocenters. The van der Waals surface area contributed by atoms with Gasteiger partial charge in [-0.25, -0.2) is 9.67 Å². The molecule has 0 radical (unpaired) electrons. The summed E-state index contributed by atoms with van der Waals surface area (Å²) in [4.78, 5) is 19.6.